The summed E-state index contributed by atoms with van der Waals surface area (Å²) in [6.45, 7) is 7.86. The molecular formula is C28H42N7O5P. The lowest BCUT2D eigenvalue weighted by atomic mass is 10.1. The van der Waals surface area contributed by atoms with Crippen LogP contribution in [-0.4, -0.2) is 90.8 Å². The molecule has 0 radical (unpaired) electrons. The fraction of sp³-hybridized carbons (Fsp3) is 0.536. The zero-order chi connectivity index (χ0) is 29.4. The number of nitrogens with two attached hydrogens (primary N) is 1. The molecule has 0 amide bonds. The molecule has 0 saturated carbocycles. The van der Waals surface area contributed by atoms with E-state index >= 15 is 0 Å². The monoisotopic (exact) mass is 587 g/mol. The number of aromatic nitrogens is 3. The van der Waals surface area contributed by atoms with Crippen molar-refractivity contribution in [3.05, 3.63) is 58.0 Å². The van der Waals surface area contributed by atoms with Gasteiger partial charge < -0.3 is 35.4 Å². The number of anilines is 2. The lowest BCUT2D eigenvalue weighted by Crippen LogP contribution is -2.46. The molecule has 12 nitrogen and oxygen atoms in total. The standard InChI is InChI=1S/C28H42N7O5P/c1-2-5-23(20-36)30-26-25-24(31-28(29)32-26)10-12-35(27(25)37)19-22-8-6-21(7-9-22)18-34-15-13-33(14-16-34)11-3-4-17-41(38,39)40/h6-10,12,23,36H,2-5,11,13-20H2,1H3,(H2,38,39,40)(H3,29,30,31,32)/t23-/m0/s1. The van der Waals surface area contributed by atoms with Crippen molar-refractivity contribution in [2.45, 2.75) is 51.7 Å². The summed E-state index contributed by atoms with van der Waals surface area (Å²) in [6.07, 6.45) is 4.63. The number of benzene rings is 1. The van der Waals surface area contributed by atoms with Crippen LogP contribution < -0.4 is 16.6 Å². The number of nitrogens with zero attached hydrogens (tertiary/aromatic N) is 5. The van der Waals surface area contributed by atoms with Crippen LogP contribution in [0.15, 0.2) is 41.3 Å². The minimum atomic E-state index is -3.90. The summed E-state index contributed by atoms with van der Waals surface area (Å²) in [5.74, 6) is 0.413. The van der Waals surface area contributed by atoms with Gasteiger partial charge >= 0.3 is 7.60 Å². The normalized spacial score (nSPS) is 15.8. The van der Waals surface area contributed by atoms with E-state index in [1.807, 2.05) is 19.1 Å². The number of nitrogen functional groups attached to an aromatic ring is 1. The molecule has 1 fully saturated rings. The van der Waals surface area contributed by atoms with Crippen molar-refractivity contribution in [1.29, 1.82) is 0 Å². The predicted octanol–water partition coefficient (Wildman–Crippen LogP) is 2.07. The minimum absolute atomic E-state index is 0.0374. The Morgan fingerprint density at radius 3 is 2.29 bits per heavy atom. The Balaban J connectivity index is 1.35. The van der Waals surface area contributed by atoms with E-state index in [-0.39, 0.29) is 30.3 Å². The van der Waals surface area contributed by atoms with Crippen LogP contribution in [0.3, 0.4) is 0 Å². The van der Waals surface area contributed by atoms with E-state index in [2.05, 4.69) is 37.2 Å². The fourth-order valence-corrected chi connectivity index (χ4v) is 5.84. The molecule has 0 aliphatic carbocycles. The number of rotatable bonds is 14. The highest BCUT2D eigenvalue weighted by atomic mass is 31.2. The third-order valence-electron chi connectivity index (χ3n) is 7.46. The molecule has 41 heavy (non-hydrogen) atoms. The molecule has 0 spiro atoms. The Bertz CT molecular complexity index is 1390. The van der Waals surface area contributed by atoms with Crippen molar-refractivity contribution < 1.29 is 19.5 Å². The van der Waals surface area contributed by atoms with E-state index in [4.69, 9.17) is 15.5 Å². The highest BCUT2D eigenvalue weighted by Crippen LogP contribution is 2.35. The van der Waals surface area contributed by atoms with Gasteiger partial charge in [-0.1, -0.05) is 37.6 Å². The van der Waals surface area contributed by atoms with Crippen molar-refractivity contribution in [1.82, 2.24) is 24.3 Å². The van der Waals surface area contributed by atoms with Crippen LogP contribution in [0.1, 0.15) is 43.7 Å². The number of hydrogen-bond donors (Lipinski definition) is 5. The zero-order valence-corrected chi connectivity index (χ0v) is 24.5. The summed E-state index contributed by atoms with van der Waals surface area (Å²) in [4.78, 5) is 44.7. The van der Waals surface area contributed by atoms with Gasteiger partial charge in [0, 0.05) is 45.1 Å². The van der Waals surface area contributed by atoms with Gasteiger partial charge in [0.05, 0.1) is 24.7 Å². The first-order chi connectivity index (χ1) is 19.6. The summed E-state index contributed by atoms with van der Waals surface area (Å²) in [6, 6.07) is 9.82. The first-order valence-corrected chi connectivity index (χ1v) is 16.1. The number of pyridine rings is 1. The fourth-order valence-electron chi connectivity index (χ4n) is 5.21. The maximum absolute atomic E-state index is 13.5. The number of nitrogens with one attached hydrogen (secondary N) is 1. The van der Waals surface area contributed by atoms with Crippen LogP contribution in [0.4, 0.5) is 11.8 Å². The first-order valence-electron chi connectivity index (χ1n) is 14.3. The zero-order valence-electron chi connectivity index (χ0n) is 23.7. The Labute approximate surface area is 240 Å². The van der Waals surface area contributed by atoms with Crippen molar-refractivity contribution >= 4 is 30.3 Å². The van der Waals surface area contributed by atoms with Crippen LogP contribution in [0.2, 0.25) is 0 Å². The first kappa shape index (κ1) is 31.1. The molecule has 224 valence electrons. The summed E-state index contributed by atoms with van der Waals surface area (Å²) in [5.41, 5.74) is 8.34. The van der Waals surface area contributed by atoms with Gasteiger partial charge in [0.2, 0.25) is 5.95 Å². The molecule has 0 bridgehead atoms. The van der Waals surface area contributed by atoms with Gasteiger partial charge in [-0.15, -0.1) is 0 Å². The van der Waals surface area contributed by atoms with E-state index in [1.54, 1.807) is 16.8 Å². The largest absolute Gasteiger partial charge is 0.394 e. The second-order valence-electron chi connectivity index (χ2n) is 10.8. The molecular weight excluding hydrogens is 545 g/mol. The quantitative estimate of drug-likeness (QED) is 0.138. The Morgan fingerprint density at radius 2 is 1.66 bits per heavy atom. The molecule has 1 aliphatic rings. The molecule has 13 heteroatoms. The highest BCUT2D eigenvalue weighted by molar-refractivity contribution is 7.51. The second kappa shape index (κ2) is 14.4. The molecule has 2 aromatic heterocycles. The van der Waals surface area contributed by atoms with E-state index in [1.165, 1.54) is 5.56 Å². The van der Waals surface area contributed by atoms with Crippen LogP contribution in [0, 0.1) is 0 Å². The van der Waals surface area contributed by atoms with Gasteiger partial charge in [-0.2, -0.15) is 4.98 Å². The number of aliphatic hydroxyl groups is 1. The molecule has 3 aromatic rings. The van der Waals surface area contributed by atoms with Gasteiger partial charge in [-0.05, 0) is 43.0 Å². The Hall–Kier alpha value is -2.86. The summed E-state index contributed by atoms with van der Waals surface area (Å²) in [5, 5.41) is 13.3. The number of hydrogen-bond acceptors (Lipinski definition) is 9. The Morgan fingerprint density at radius 1 is 1.00 bits per heavy atom. The third kappa shape index (κ3) is 9.06. The van der Waals surface area contributed by atoms with Crippen LogP contribution in [-0.2, 0) is 17.7 Å². The summed E-state index contributed by atoms with van der Waals surface area (Å²) in [7, 11) is -3.90. The topological polar surface area (TPSA) is 170 Å². The predicted molar refractivity (Wildman–Crippen MR) is 161 cm³/mol. The summed E-state index contributed by atoms with van der Waals surface area (Å²) >= 11 is 0. The van der Waals surface area contributed by atoms with Crippen molar-refractivity contribution in [3.63, 3.8) is 0 Å². The SMILES string of the molecule is CCC[C@@H](CO)Nc1nc(N)nc2ccn(Cc3ccc(CN4CCN(CCCCP(=O)(O)O)CC4)cc3)c(=O)c12. The smallest absolute Gasteiger partial charge is 0.325 e. The third-order valence-corrected chi connectivity index (χ3v) is 8.36. The van der Waals surface area contributed by atoms with E-state index in [9.17, 15) is 14.5 Å². The average Bonchev–Trinajstić information content (AvgIpc) is 2.93. The molecule has 1 aromatic carbocycles. The Kier molecular flexibility index (Phi) is 10.9. The van der Waals surface area contributed by atoms with E-state index in [0.717, 1.165) is 64.1 Å². The van der Waals surface area contributed by atoms with Gasteiger partial charge in [0.25, 0.3) is 5.56 Å². The second-order valence-corrected chi connectivity index (χ2v) is 12.6. The molecule has 1 aliphatic heterocycles. The van der Waals surface area contributed by atoms with Crippen LogP contribution in [0.25, 0.3) is 10.9 Å². The van der Waals surface area contributed by atoms with Crippen molar-refractivity contribution in [3.8, 4) is 0 Å². The van der Waals surface area contributed by atoms with Crippen LogP contribution >= 0.6 is 7.60 Å². The number of unbranched alkanes of at least 4 members (excludes halogenated alkanes) is 1. The molecule has 6 N–H and O–H groups in total. The van der Waals surface area contributed by atoms with Crippen molar-refractivity contribution in [2.24, 2.45) is 0 Å². The van der Waals surface area contributed by atoms with E-state index < -0.39 is 7.60 Å². The minimum Gasteiger partial charge on any atom is -0.394 e. The average molecular weight is 588 g/mol. The molecule has 3 heterocycles. The highest BCUT2D eigenvalue weighted by Gasteiger charge is 2.19. The lowest BCUT2D eigenvalue weighted by molar-refractivity contribution is 0.126. The molecule has 4 rings (SSSR count). The van der Waals surface area contributed by atoms with Gasteiger partial charge in [0.1, 0.15) is 11.2 Å². The summed E-state index contributed by atoms with van der Waals surface area (Å²) < 4.78 is 12.6. The number of piperazine rings is 1. The number of aliphatic hydroxyl groups excluding tert-OH is 1. The molecule has 1 atom stereocenters. The number of fused-ring (bicyclic) bond motifs is 1. The maximum Gasteiger partial charge on any atom is 0.325 e. The maximum atomic E-state index is 13.5. The van der Waals surface area contributed by atoms with Gasteiger partial charge in [-0.25, -0.2) is 4.98 Å². The van der Waals surface area contributed by atoms with Gasteiger partial charge in [-0.3, -0.25) is 14.3 Å². The lowest BCUT2D eigenvalue weighted by Gasteiger charge is -2.34. The molecule has 1 saturated heterocycles. The van der Waals surface area contributed by atoms with E-state index in [0.29, 0.717) is 29.7 Å². The molecule has 0 unspecified atom stereocenters. The van der Waals surface area contributed by atoms with Gasteiger partial charge in [0.15, 0.2) is 0 Å². The van der Waals surface area contributed by atoms with Crippen LogP contribution in [0.5, 0.6) is 0 Å². The van der Waals surface area contributed by atoms with Crippen molar-refractivity contribution in [2.75, 3.05) is 56.5 Å².